The number of nitrogens with one attached hydrogen (secondary N) is 2. The molecule has 0 spiro atoms. The van der Waals surface area contributed by atoms with Crippen molar-refractivity contribution < 1.29 is 9.90 Å². The van der Waals surface area contributed by atoms with Crippen LogP contribution in [0.15, 0.2) is 24.3 Å². The molecule has 0 bridgehead atoms. The Labute approximate surface area is 126 Å². The van der Waals surface area contributed by atoms with Gasteiger partial charge in [-0.1, -0.05) is 52.0 Å². The number of hydrogen-bond donors (Lipinski definition) is 3. The molecule has 2 rings (SSSR count). The van der Waals surface area contributed by atoms with E-state index in [-0.39, 0.29) is 24.7 Å². The highest BCUT2D eigenvalue weighted by Gasteiger charge is 2.43. The number of aliphatic hydroxyl groups is 1. The summed E-state index contributed by atoms with van der Waals surface area (Å²) >= 11 is 0. The lowest BCUT2D eigenvalue weighted by Gasteiger charge is -2.18. The van der Waals surface area contributed by atoms with Gasteiger partial charge in [-0.05, 0) is 28.9 Å². The van der Waals surface area contributed by atoms with E-state index in [0.717, 1.165) is 5.56 Å². The van der Waals surface area contributed by atoms with Gasteiger partial charge in [-0.25, -0.2) is 4.79 Å². The predicted molar refractivity (Wildman–Crippen MR) is 84.1 cm³/mol. The first-order chi connectivity index (χ1) is 9.93. The van der Waals surface area contributed by atoms with Crippen molar-refractivity contribution in [2.24, 2.45) is 11.8 Å². The second-order valence-corrected chi connectivity index (χ2v) is 6.42. The lowest BCUT2D eigenvalue weighted by Crippen LogP contribution is -2.41. The minimum absolute atomic E-state index is 0.107. The summed E-state index contributed by atoms with van der Waals surface area (Å²) in [6, 6.07) is 7.73. The van der Waals surface area contributed by atoms with Gasteiger partial charge in [-0.15, -0.1) is 0 Å². The quantitative estimate of drug-likeness (QED) is 0.781. The van der Waals surface area contributed by atoms with Crippen LogP contribution in [0.3, 0.4) is 0 Å². The van der Waals surface area contributed by atoms with Crippen molar-refractivity contribution in [3.8, 4) is 0 Å². The molecule has 1 unspecified atom stereocenters. The Bertz CT molecular complexity index is 476. The standard InChI is InChI=1S/C17H26N2O2/c1-10(2)13-5-7-14(8-6-13)15(9-20)18-17(21)19-16-11(3)12(16)4/h5-8,10-12,15-16,20H,9H2,1-4H3,(H2,18,19,21)/t11-,12-,15?/m0/s1. The van der Waals surface area contributed by atoms with Crippen LogP contribution in [0, 0.1) is 11.8 Å². The van der Waals surface area contributed by atoms with E-state index in [9.17, 15) is 9.90 Å². The Morgan fingerprint density at radius 3 is 2.10 bits per heavy atom. The topological polar surface area (TPSA) is 61.4 Å². The molecular formula is C17H26N2O2. The summed E-state index contributed by atoms with van der Waals surface area (Å²) < 4.78 is 0. The number of aliphatic hydroxyl groups excluding tert-OH is 1. The van der Waals surface area contributed by atoms with Crippen molar-refractivity contribution in [3.05, 3.63) is 35.4 Å². The zero-order chi connectivity index (χ0) is 15.6. The smallest absolute Gasteiger partial charge is 0.315 e. The Morgan fingerprint density at radius 1 is 1.14 bits per heavy atom. The first-order valence-corrected chi connectivity index (χ1v) is 7.71. The van der Waals surface area contributed by atoms with Crippen molar-refractivity contribution in [1.29, 1.82) is 0 Å². The van der Waals surface area contributed by atoms with Gasteiger partial charge >= 0.3 is 6.03 Å². The molecule has 0 radical (unpaired) electrons. The van der Waals surface area contributed by atoms with Crippen LogP contribution in [0.1, 0.15) is 50.8 Å². The summed E-state index contributed by atoms with van der Waals surface area (Å²) in [6.07, 6.45) is 0. The highest BCUT2D eigenvalue weighted by atomic mass is 16.3. The number of carbonyl (C=O) groups excluding carboxylic acids is 1. The second kappa shape index (κ2) is 6.48. The van der Waals surface area contributed by atoms with Crippen LogP contribution in [0.25, 0.3) is 0 Å². The summed E-state index contributed by atoms with van der Waals surface area (Å²) in [4.78, 5) is 12.0. The maximum absolute atomic E-state index is 12.0. The average molecular weight is 290 g/mol. The van der Waals surface area contributed by atoms with E-state index in [1.165, 1.54) is 5.56 Å². The third-order valence-electron chi connectivity index (χ3n) is 4.61. The van der Waals surface area contributed by atoms with E-state index in [4.69, 9.17) is 0 Å². The number of carbonyl (C=O) groups is 1. The summed E-state index contributed by atoms with van der Waals surface area (Å²) in [5.41, 5.74) is 2.18. The van der Waals surface area contributed by atoms with Crippen LogP contribution in [-0.2, 0) is 0 Å². The van der Waals surface area contributed by atoms with Crippen molar-refractivity contribution >= 4 is 6.03 Å². The fraction of sp³-hybridized carbons (Fsp3) is 0.588. The minimum Gasteiger partial charge on any atom is -0.394 e. The van der Waals surface area contributed by atoms with E-state index < -0.39 is 0 Å². The van der Waals surface area contributed by atoms with Crippen LogP contribution >= 0.6 is 0 Å². The Kier molecular flexibility index (Phi) is 4.88. The monoisotopic (exact) mass is 290 g/mol. The average Bonchev–Trinajstić information content (AvgIpc) is 3.03. The van der Waals surface area contributed by atoms with Gasteiger partial charge in [0.15, 0.2) is 0 Å². The summed E-state index contributed by atoms with van der Waals surface area (Å²) in [5, 5.41) is 15.3. The Morgan fingerprint density at radius 2 is 1.67 bits per heavy atom. The van der Waals surface area contributed by atoms with Gasteiger partial charge < -0.3 is 15.7 Å². The van der Waals surface area contributed by atoms with E-state index in [1.54, 1.807) is 0 Å². The number of rotatable bonds is 5. The molecule has 4 nitrogen and oxygen atoms in total. The van der Waals surface area contributed by atoms with Gasteiger partial charge in [-0.2, -0.15) is 0 Å². The molecule has 1 aromatic carbocycles. The number of benzene rings is 1. The van der Waals surface area contributed by atoms with Gasteiger partial charge in [0.2, 0.25) is 0 Å². The molecule has 1 saturated carbocycles. The largest absolute Gasteiger partial charge is 0.394 e. The minimum atomic E-state index is -0.365. The zero-order valence-electron chi connectivity index (χ0n) is 13.3. The predicted octanol–water partition coefficient (Wildman–Crippen LogP) is 2.80. The number of hydrogen-bond acceptors (Lipinski definition) is 2. The van der Waals surface area contributed by atoms with Gasteiger partial charge in [0.1, 0.15) is 0 Å². The maximum Gasteiger partial charge on any atom is 0.315 e. The van der Waals surface area contributed by atoms with Crippen molar-refractivity contribution in [3.63, 3.8) is 0 Å². The fourth-order valence-electron chi connectivity index (χ4n) is 2.62. The molecule has 0 saturated heterocycles. The molecule has 4 heteroatoms. The second-order valence-electron chi connectivity index (χ2n) is 6.42. The molecule has 0 heterocycles. The van der Waals surface area contributed by atoms with Crippen molar-refractivity contribution in [1.82, 2.24) is 10.6 Å². The number of urea groups is 1. The molecule has 3 atom stereocenters. The molecule has 0 aliphatic heterocycles. The third kappa shape index (κ3) is 3.76. The molecule has 1 aliphatic carbocycles. The molecule has 1 aliphatic rings. The molecule has 116 valence electrons. The normalized spacial score (nSPS) is 25.5. The first-order valence-electron chi connectivity index (χ1n) is 7.71. The SMILES string of the molecule is CC(C)c1ccc(C(CO)NC(=O)NC2[C@@H](C)[C@@H]2C)cc1. The van der Waals surface area contributed by atoms with E-state index in [0.29, 0.717) is 17.8 Å². The van der Waals surface area contributed by atoms with Crippen LogP contribution in [0.4, 0.5) is 4.79 Å². The van der Waals surface area contributed by atoms with E-state index in [2.05, 4.69) is 38.3 Å². The fourth-order valence-corrected chi connectivity index (χ4v) is 2.62. The molecule has 2 amide bonds. The third-order valence-corrected chi connectivity index (χ3v) is 4.61. The van der Waals surface area contributed by atoms with Crippen molar-refractivity contribution in [2.45, 2.75) is 45.7 Å². The molecule has 3 N–H and O–H groups in total. The summed E-state index contributed by atoms with van der Waals surface area (Å²) in [6.45, 7) is 8.43. The van der Waals surface area contributed by atoms with E-state index >= 15 is 0 Å². The lowest BCUT2D eigenvalue weighted by molar-refractivity contribution is 0.216. The van der Waals surface area contributed by atoms with E-state index in [1.807, 2.05) is 24.3 Å². The lowest BCUT2D eigenvalue weighted by atomic mass is 9.99. The summed E-state index contributed by atoms with van der Waals surface area (Å²) in [7, 11) is 0. The Balaban J connectivity index is 1.94. The van der Waals surface area contributed by atoms with Gasteiger partial charge in [-0.3, -0.25) is 0 Å². The molecule has 21 heavy (non-hydrogen) atoms. The first kappa shape index (κ1) is 15.8. The van der Waals surface area contributed by atoms with Crippen LogP contribution in [0.2, 0.25) is 0 Å². The van der Waals surface area contributed by atoms with Gasteiger partial charge in [0.05, 0.1) is 12.6 Å². The van der Waals surface area contributed by atoms with Crippen LogP contribution in [0.5, 0.6) is 0 Å². The molecule has 1 fully saturated rings. The molecular weight excluding hydrogens is 264 g/mol. The Hall–Kier alpha value is -1.55. The van der Waals surface area contributed by atoms with Gasteiger partial charge in [0, 0.05) is 6.04 Å². The van der Waals surface area contributed by atoms with Crippen LogP contribution < -0.4 is 10.6 Å². The highest BCUT2D eigenvalue weighted by Crippen LogP contribution is 2.37. The number of amides is 2. The molecule has 0 aromatic heterocycles. The maximum atomic E-state index is 12.0. The van der Waals surface area contributed by atoms with Crippen LogP contribution in [-0.4, -0.2) is 23.8 Å². The van der Waals surface area contributed by atoms with Crippen molar-refractivity contribution in [2.75, 3.05) is 6.61 Å². The summed E-state index contributed by atoms with van der Waals surface area (Å²) in [5.74, 6) is 1.54. The highest BCUT2D eigenvalue weighted by molar-refractivity contribution is 5.75. The zero-order valence-corrected chi connectivity index (χ0v) is 13.3. The van der Waals surface area contributed by atoms with Gasteiger partial charge in [0.25, 0.3) is 0 Å². The molecule has 1 aromatic rings.